The Morgan fingerprint density at radius 2 is 1.00 bits per heavy atom. The van der Waals surface area contributed by atoms with E-state index in [1.807, 2.05) is 0 Å². The van der Waals surface area contributed by atoms with Crippen LogP contribution in [0.15, 0.2) is 182 Å². The Morgan fingerprint density at radius 3 is 1.70 bits per heavy atom. The summed E-state index contributed by atoms with van der Waals surface area (Å²) < 4.78 is 2.53. The number of fused-ring (bicyclic) bond motifs is 7. The quantitative estimate of drug-likeness (QED) is 0.189. The Labute approximate surface area is 291 Å². The van der Waals surface area contributed by atoms with E-state index in [9.17, 15) is 0 Å². The second kappa shape index (κ2) is 10.6. The van der Waals surface area contributed by atoms with Gasteiger partial charge in [0.05, 0.1) is 16.4 Å². The standard InChI is InChI=1S/C46H34N4/c1-4-16-31(17-5-1)43-47-45(50-44(49(43)50)32-18-6-2-7-19-32)48-41-27-15-12-24-37(41)38-30-34(28-29-42(38)48)46(33-20-8-3-9-21-33)39-25-13-10-22-35(39)36-23-11-14-26-40(36)46/h1-30,43-45,47H. The van der Waals surface area contributed by atoms with Crippen molar-refractivity contribution in [1.82, 2.24) is 19.9 Å². The molecule has 2 aliphatic heterocycles. The molecule has 0 saturated carbocycles. The van der Waals surface area contributed by atoms with E-state index in [0.29, 0.717) is 0 Å². The number of aromatic nitrogens is 1. The highest BCUT2D eigenvalue weighted by atomic mass is 16.0. The van der Waals surface area contributed by atoms with Gasteiger partial charge in [-0.2, -0.15) is 10.0 Å². The molecule has 2 saturated heterocycles. The Hall–Kier alpha value is -5.78. The van der Waals surface area contributed by atoms with Crippen LogP contribution in [0.3, 0.4) is 0 Å². The Bertz CT molecular complexity index is 2510. The van der Waals surface area contributed by atoms with Crippen LogP contribution in [-0.2, 0) is 5.41 Å². The summed E-state index contributed by atoms with van der Waals surface area (Å²) in [5.41, 5.74) is 12.5. The van der Waals surface area contributed by atoms with Crippen LogP contribution in [0.4, 0.5) is 0 Å². The minimum Gasteiger partial charge on any atom is -0.310 e. The maximum absolute atomic E-state index is 4.04. The van der Waals surface area contributed by atoms with E-state index in [1.54, 1.807) is 0 Å². The number of hydrazine groups is 1. The largest absolute Gasteiger partial charge is 0.310 e. The molecule has 4 nitrogen and oxygen atoms in total. The number of nitrogens with zero attached hydrogens (tertiary/aromatic N) is 3. The van der Waals surface area contributed by atoms with Crippen molar-refractivity contribution in [3.63, 3.8) is 0 Å². The predicted molar refractivity (Wildman–Crippen MR) is 201 cm³/mol. The molecule has 5 atom stereocenters. The van der Waals surface area contributed by atoms with Crippen molar-refractivity contribution in [3.05, 3.63) is 215 Å². The smallest absolute Gasteiger partial charge is 0.158 e. The Kier molecular flexibility index (Phi) is 5.96. The van der Waals surface area contributed by atoms with Gasteiger partial charge in [-0.3, -0.25) is 5.32 Å². The van der Waals surface area contributed by atoms with E-state index >= 15 is 0 Å². The lowest BCUT2D eigenvalue weighted by Crippen LogP contribution is -2.31. The summed E-state index contributed by atoms with van der Waals surface area (Å²) in [7, 11) is 0. The number of para-hydroxylation sites is 1. The van der Waals surface area contributed by atoms with E-state index in [-0.39, 0.29) is 18.6 Å². The zero-order valence-electron chi connectivity index (χ0n) is 27.4. The lowest BCUT2D eigenvalue weighted by atomic mass is 9.67. The molecule has 1 N–H and O–H groups in total. The highest BCUT2D eigenvalue weighted by molar-refractivity contribution is 6.08. The summed E-state index contributed by atoms with van der Waals surface area (Å²) in [5.74, 6) is 0. The number of rotatable bonds is 5. The molecule has 1 aromatic heterocycles. The Balaban J connectivity index is 1.14. The van der Waals surface area contributed by atoms with Crippen LogP contribution in [0.25, 0.3) is 32.9 Å². The van der Waals surface area contributed by atoms with Gasteiger partial charge in [0.2, 0.25) is 0 Å². The van der Waals surface area contributed by atoms with Gasteiger partial charge in [-0.1, -0.05) is 164 Å². The van der Waals surface area contributed by atoms with Crippen molar-refractivity contribution >= 4 is 21.8 Å². The molecule has 0 amide bonds. The van der Waals surface area contributed by atoms with Gasteiger partial charge in [0.1, 0.15) is 12.3 Å². The van der Waals surface area contributed by atoms with Gasteiger partial charge in [0.25, 0.3) is 0 Å². The summed E-state index contributed by atoms with van der Waals surface area (Å²) >= 11 is 0. The number of hydrogen-bond donors (Lipinski definition) is 1. The monoisotopic (exact) mass is 642 g/mol. The van der Waals surface area contributed by atoms with E-state index < -0.39 is 5.41 Å². The molecule has 4 heteroatoms. The first kappa shape index (κ1) is 28.1. The van der Waals surface area contributed by atoms with Gasteiger partial charge in [-0.05, 0) is 62.7 Å². The van der Waals surface area contributed by atoms with Crippen molar-refractivity contribution < 1.29 is 0 Å². The van der Waals surface area contributed by atoms with Crippen LogP contribution in [0.2, 0.25) is 0 Å². The van der Waals surface area contributed by atoms with E-state index in [1.165, 1.54) is 66.3 Å². The second-order valence-electron chi connectivity index (χ2n) is 13.7. The van der Waals surface area contributed by atoms with Crippen molar-refractivity contribution in [2.24, 2.45) is 0 Å². The summed E-state index contributed by atoms with van der Waals surface area (Å²) in [6, 6.07) is 67.0. The zero-order chi connectivity index (χ0) is 32.8. The Morgan fingerprint density at radius 1 is 0.440 bits per heavy atom. The fraction of sp³-hybridized carbons (Fsp3) is 0.0870. The number of hydrogen-bond acceptors (Lipinski definition) is 3. The molecular formula is C46H34N4. The summed E-state index contributed by atoms with van der Waals surface area (Å²) in [4.78, 5) is 0. The third-order valence-corrected chi connectivity index (χ3v) is 11.3. The number of benzene rings is 7. The van der Waals surface area contributed by atoms with Crippen LogP contribution in [-0.4, -0.2) is 14.6 Å². The van der Waals surface area contributed by atoms with Gasteiger partial charge in [-0.25, -0.2) is 0 Å². The molecule has 50 heavy (non-hydrogen) atoms. The van der Waals surface area contributed by atoms with Gasteiger partial charge in [0, 0.05) is 10.8 Å². The fourth-order valence-electron chi connectivity index (χ4n) is 9.25. The van der Waals surface area contributed by atoms with Gasteiger partial charge in [0.15, 0.2) is 6.29 Å². The summed E-state index contributed by atoms with van der Waals surface area (Å²) in [5, 5.41) is 11.6. The molecule has 3 heterocycles. The van der Waals surface area contributed by atoms with Crippen molar-refractivity contribution in [2.75, 3.05) is 0 Å². The molecule has 3 aliphatic rings. The van der Waals surface area contributed by atoms with Gasteiger partial charge >= 0.3 is 0 Å². The molecule has 0 radical (unpaired) electrons. The van der Waals surface area contributed by atoms with E-state index in [0.717, 1.165) is 0 Å². The van der Waals surface area contributed by atoms with E-state index in [4.69, 9.17) is 0 Å². The van der Waals surface area contributed by atoms with E-state index in [2.05, 4.69) is 202 Å². The second-order valence-corrected chi connectivity index (χ2v) is 13.7. The third kappa shape index (κ3) is 3.75. The van der Waals surface area contributed by atoms with Crippen molar-refractivity contribution in [2.45, 2.75) is 24.0 Å². The lowest BCUT2D eigenvalue weighted by Gasteiger charge is -2.34. The number of nitrogens with one attached hydrogen (secondary N) is 1. The minimum atomic E-state index is -0.439. The van der Waals surface area contributed by atoms with Gasteiger partial charge in [-0.15, -0.1) is 0 Å². The maximum atomic E-state index is 4.04. The zero-order valence-corrected chi connectivity index (χ0v) is 27.4. The molecule has 2 fully saturated rings. The molecule has 0 bridgehead atoms. The highest BCUT2D eigenvalue weighted by Gasteiger charge is 2.61. The van der Waals surface area contributed by atoms with Crippen molar-refractivity contribution in [1.29, 1.82) is 0 Å². The summed E-state index contributed by atoms with van der Waals surface area (Å²) in [6.07, 6.45) is 0.195. The first-order valence-electron chi connectivity index (χ1n) is 17.5. The highest BCUT2D eigenvalue weighted by Crippen LogP contribution is 2.58. The van der Waals surface area contributed by atoms with Crippen LogP contribution in [0, 0.1) is 0 Å². The molecule has 0 spiro atoms. The first-order chi connectivity index (χ1) is 24.8. The van der Waals surface area contributed by atoms with Crippen LogP contribution >= 0.6 is 0 Å². The molecule has 5 unspecified atom stereocenters. The van der Waals surface area contributed by atoms with Crippen LogP contribution in [0.5, 0.6) is 0 Å². The van der Waals surface area contributed by atoms with Crippen LogP contribution in [0.1, 0.15) is 52.0 Å². The molecule has 7 aromatic carbocycles. The minimum absolute atomic E-state index is 0.0605. The lowest BCUT2D eigenvalue weighted by molar-refractivity contribution is 0.256. The fourth-order valence-corrected chi connectivity index (χ4v) is 9.25. The maximum Gasteiger partial charge on any atom is 0.158 e. The van der Waals surface area contributed by atoms with Crippen molar-refractivity contribution in [3.8, 4) is 11.1 Å². The van der Waals surface area contributed by atoms with Crippen LogP contribution < -0.4 is 5.32 Å². The summed E-state index contributed by atoms with van der Waals surface area (Å²) in [6.45, 7) is 0. The molecule has 1 aliphatic carbocycles. The molecule has 11 rings (SSSR count). The normalized spacial score (nSPS) is 22.7. The topological polar surface area (TPSA) is 23.0 Å². The van der Waals surface area contributed by atoms with Gasteiger partial charge < -0.3 is 4.57 Å². The average molecular weight is 643 g/mol. The third-order valence-electron chi connectivity index (χ3n) is 11.3. The molecule has 238 valence electrons. The molecule has 8 aromatic rings. The molecular weight excluding hydrogens is 609 g/mol. The average Bonchev–Trinajstić information content (AvgIpc) is 3.50. The first-order valence-corrected chi connectivity index (χ1v) is 17.5. The predicted octanol–water partition coefficient (Wildman–Crippen LogP) is 10.1. The SMILES string of the molecule is c1ccc(C2NC(n3c4ccccc4c4cc(C5(c6ccccc6)c6ccccc6-c6ccccc65)ccc43)N3C(c4ccccc4)N23)cc1.